The molecule has 0 aliphatic carbocycles. The highest BCUT2D eigenvalue weighted by atomic mass is 16.3. The van der Waals surface area contributed by atoms with E-state index in [1.165, 1.54) is 27.6 Å². The Balaban J connectivity index is 2.67. The van der Waals surface area contributed by atoms with Gasteiger partial charge in [-0.3, -0.25) is 0 Å². The smallest absolute Gasteiger partial charge is 0.137 e. The molecule has 0 saturated heterocycles. The average molecular weight is 244 g/mol. The summed E-state index contributed by atoms with van der Waals surface area (Å²) in [7, 11) is 0. The van der Waals surface area contributed by atoms with Crippen LogP contribution in [0, 0.1) is 33.1 Å². The maximum absolute atomic E-state index is 6.14. The van der Waals surface area contributed by atoms with Crippen LogP contribution in [0.15, 0.2) is 10.5 Å². The van der Waals surface area contributed by atoms with Crippen LogP contribution in [0.4, 0.5) is 0 Å². The number of fused-ring (bicyclic) bond motifs is 1. The molecule has 98 valence electrons. The second kappa shape index (κ2) is 4.15. The number of rotatable bonds is 1. The first-order chi connectivity index (χ1) is 8.20. The molecular formula is C17H24O. The summed E-state index contributed by atoms with van der Waals surface area (Å²) in [5, 5.41) is 1.29. The fraction of sp³-hybridized carbons (Fsp3) is 0.529. The summed E-state index contributed by atoms with van der Waals surface area (Å²) >= 11 is 0. The minimum Gasteiger partial charge on any atom is -0.460 e. The lowest BCUT2D eigenvalue weighted by atomic mass is 9.89. The number of aryl methyl sites for hydroxylation is 3. The van der Waals surface area contributed by atoms with E-state index >= 15 is 0 Å². The Morgan fingerprint density at radius 1 is 0.944 bits per heavy atom. The van der Waals surface area contributed by atoms with Gasteiger partial charge in [-0.15, -0.1) is 0 Å². The van der Waals surface area contributed by atoms with E-state index in [2.05, 4.69) is 54.5 Å². The largest absolute Gasteiger partial charge is 0.460 e. The maximum atomic E-state index is 6.14. The van der Waals surface area contributed by atoms with Crippen molar-refractivity contribution in [1.29, 1.82) is 0 Å². The number of furan rings is 1. The van der Waals surface area contributed by atoms with Crippen LogP contribution >= 0.6 is 0 Å². The van der Waals surface area contributed by atoms with Gasteiger partial charge < -0.3 is 4.42 Å². The summed E-state index contributed by atoms with van der Waals surface area (Å²) in [5.74, 6) is 1.14. The van der Waals surface area contributed by atoms with Gasteiger partial charge in [0.25, 0.3) is 0 Å². The molecule has 1 nitrogen and oxygen atoms in total. The molecule has 1 heterocycles. The second-order valence-corrected chi connectivity index (χ2v) is 6.71. The van der Waals surface area contributed by atoms with E-state index in [4.69, 9.17) is 4.42 Å². The molecule has 0 aliphatic heterocycles. The van der Waals surface area contributed by atoms with Gasteiger partial charge in [-0.25, -0.2) is 0 Å². The highest BCUT2D eigenvalue weighted by Gasteiger charge is 2.19. The Bertz CT molecular complexity index is 594. The Morgan fingerprint density at radius 2 is 1.56 bits per heavy atom. The minimum absolute atomic E-state index is 0.261. The summed E-state index contributed by atoms with van der Waals surface area (Å²) in [6.07, 6.45) is 0.991. The van der Waals surface area contributed by atoms with Crippen LogP contribution in [-0.4, -0.2) is 0 Å². The zero-order valence-electron chi connectivity index (χ0n) is 12.7. The monoisotopic (exact) mass is 244 g/mol. The molecule has 0 fully saturated rings. The molecule has 0 N–H and O–H groups in total. The summed E-state index contributed by atoms with van der Waals surface area (Å²) in [6.45, 7) is 15.5. The summed E-state index contributed by atoms with van der Waals surface area (Å²) in [5.41, 5.74) is 6.63. The van der Waals surface area contributed by atoms with Gasteiger partial charge in [-0.2, -0.15) is 0 Å². The first-order valence-electron chi connectivity index (χ1n) is 6.69. The lowest BCUT2D eigenvalue weighted by Crippen LogP contribution is -2.09. The highest BCUT2D eigenvalue weighted by molar-refractivity contribution is 5.86. The summed E-state index contributed by atoms with van der Waals surface area (Å²) in [6, 6.07) is 2.27. The first kappa shape index (κ1) is 13.2. The third kappa shape index (κ3) is 2.19. The van der Waals surface area contributed by atoms with Crippen molar-refractivity contribution in [2.75, 3.05) is 0 Å². The number of benzene rings is 1. The van der Waals surface area contributed by atoms with E-state index in [0.29, 0.717) is 0 Å². The van der Waals surface area contributed by atoms with Crippen molar-refractivity contribution in [3.63, 3.8) is 0 Å². The molecular weight excluding hydrogens is 220 g/mol. The molecule has 2 aromatic rings. The lowest BCUT2D eigenvalue weighted by molar-refractivity contribution is 0.369. The summed E-state index contributed by atoms with van der Waals surface area (Å²) in [4.78, 5) is 0. The van der Waals surface area contributed by atoms with Crippen molar-refractivity contribution in [1.82, 2.24) is 0 Å². The van der Waals surface area contributed by atoms with E-state index in [0.717, 1.165) is 17.8 Å². The second-order valence-electron chi connectivity index (χ2n) is 6.71. The molecule has 0 amide bonds. The van der Waals surface area contributed by atoms with Gasteiger partial charge in [-0.1, -0.05) is 20.8 Å². The van der Waals surface area contributed by atoms with Crippen molar-refractivity contribution in [2.45, 2.75) is 54.9 Å². The van der Waals surface area contributed by atoms with Crippen molar-refractivity contribution >= 4 is 11.0 Å². The molecule has 2 rings (SSSR count). The van der Waals surface area contributed by atoms with E-state index in [-0.39, 0.29) is 5.41 Å². The third-order valence-electron chi connectivity index (χ3n) is 3.84. The van der Waals surface area contributed by atoms with Crippen molar-refractivity contribution in [2.24, 2.45) is 5.41 Å². The molecule has 1 aromatic heterocycles. The van der Waals surface area contributed by atoms with Crippen molar-refractivity contribution in [3.8, 4) is 0 Å². The molecule has 0 spiro atoms. The van der Waals surface area contributed by atoms with Gasteiger partial charge in [-0.05, 0) is 61.4 Å². The van der Waals surface area contributed by atoms with Gasteiger partial charge in [0.2, 0.25) is 0 Å². The van der Waals surface area contributed by atoms with Crippen molar-refractivity contribution < 1.29 is 4.42 Å². The van der Waals surface area contributed by atoms with Gasteiger partial charge in [0.05, 0.1) is 0 Å². The van der Waals surface area contributed by atoms with Crippen LogP contribution in [0.3, 0.4) is 0 Å². The van der Waals surface area contributed by atoms with Gasteiger partial charge in [0.1, 0.15) is 11.3 Å². The van der Waals surface area contributed by atoms with Crippen molar-refractivity contribution in [3.05, 3.63) is 34.1 Å². The molecule has 0 unspecified atom stereocenters. The predicted molar refractivity (Wildman–Crippen MR) is 78.3 cm³/mol. The molecule has 0 atom stereocenters. The Morgan fingerprint density at radius 3 is 2.11 bits per heavy atom. The minimum atomic E-state index is 0.261. The highest BCUT2D eigenvalue weighted by Crippen LogP contribution is 2.34. The zero-order valence-corrected chi connectivity index (χ0v) is 12.7. The topological polar surface area (TPSA) is 13.1 Å². The van der Waals surface area contributed by atoms with Gasteiger partial charge in [0, 0.05) is 11.8 Å². The number of hydrogen-bond donors (Lipinski definition) is 0. The van der Waals surface area contributed by atoms with Crippen LogP contribution in [0.25, 0.3) is 11.0 Å². The lowest BCUT2D eigenvalue weighted by Gasteiger charge is -2.16. The zero-order chi connectivity index (χ0) is 13.7. The fourth-order valence-electron chi connectivity index (χ4n) is 2.47. The average Bonchev–Trinajstić information content (AvgIpc) is 2.52. The molecule has 1 aromatic carbocycles. The summed E-state index contributed by atoms with van der Waals surface area (Å²) < 4.78 is 6.14. The molecule has 0 saturated carbocycles. The van der Waals surface area contributed by atoms with Crippen LogP contribution in [0.1, 0.15) is 48.8 Å². The molecule has 18 heavy (non-hydrogen) atoms. The van der Waals surface area contributed by atoms with Crippen LogP contribution in [0.2, 0.25) is 0 Å². The Labute approximate surface area is 110 Å². The molecule has 0 aliphatic rings. The first-order valence-corrected chi connectivity index (χ1v) is 6.69. The molecule has 1 heteroatoms. The molecule has 0 radical (unpaired) electrons. The predicted octanol–water partition coefficient (Wildman–Crippen LogP) is 5.26. The third-order valence-corrected chi connectivity index (χ3v) is 3.84. The van der Waals surface area contributed by atoms with E-state index in [9.17, 15) is 0 Å². The SMILES string of the molecule is Cc1cc2c(C)c(CC(C)(C)C)oc2c(C)c1C. The van der Waals surface area contributed by atoms with E-state index in [1.807, 2.05) is 0 Å². The Hall–Kier alpha value is -1.24. The van der Waals surface area contributed by atoms with Crippen LogP contribution in [0.5, 0.6) is 0 Å². The van der Waals surface area contributed by atoms with Crippen LogP contribution in [-0.2, 0) is 6.42 Å². The van der Waals surface area contributed by atoms with E-state index in [1.54, 1.807) is 0 Å². The normalized spacial score (nSPS) is 12.4. The fourth-order valence-corrected chi connectivity index (χ4v) is 2.47. The maximum Gasteiger partial charge on any atom is 0.137 e. The number of hydrogen-bond acceptors (Lipinski definition) is 1. The Kier molecular flexibility index (Phi) is 3.04. The van der Waals surface area contributed by atoms with Gasteiger partial charge >= 0.3 is 0 Å². The van der Waals surface area contributed by atoms with E-state index < -0.39 is 0 Å². The quantitative estimate of drug-likeness (QED) is 0.667. The van der Waals surface area contributed by atoms with Crippen LogP contribution < -0.4 is 0 Å². The standard InChI is InChI=1S/C17H24O/c1-10-8-14-13(4)15(9-17(5,6)7)18-16(14)12(3)11(10)2/h8H,9H2,1-7H3. The molecule has 0 bridgehead atoms. The van der Waals surface area contributed by atoms with Gasteiger partial charge in [0.15, 0.2) is 0 Å².